The van der Waals surface area contributed by atoms with Crippen molar-refractivity contribution in [3.05, 3.63) is 53.8 Å². The third kappa shape index (κ3) is 3.31. The van der Waals surface area contributed by atoms with E-state index in [0.717, 1.165) is 5.56 Å². The molecule has 0 bridgehead atoms. The van der Waals surface area contributed by atoms with Crippen LogP contribution in [-0.2, 0) is 16.0 Å². The molecule has 0 spiro atoms. The van der Waals surface area contributed by atoms with Gasteiger partial charge in [0.1, 0.15) is 11.6 Å². The zero-order chi connectivity index (χ0) is 16.4. The Morgan fingerprint density at radius 2 is 2.00 bits per heavy atom. The SMILES string of the molecule is CN1C(=O)COc2cc(NC(=O)Cc3ccc(F)cc3)ccc21. The van der Waals surface area contributed by atoms with Gasteiger partial charge < -0.3 is 15.0 Å². The average Bonchev–Trinajstić information content (AvgIpc) is 2.53. The number of benzene rings is 2. The van der Waals surface area contributed by atoms with Gasteiger partial charge in [-0.15, -0.1) is 0 Å². The van der Waals surface area contributed by atoms with Crippen molar-refractivity contribution >= 4 is 23.2 Å². The number of hydrogen-bond acceptors (Lipinski definition) is 3. The number of fused-ring (bicyclic) bond motifs is 1. The lowest BCUT2D eigenvalue weighted by atomic mass is 10.1. The van der Waals surface area contributed by atoms with Crippen molar-refractivity contribution in [2.45, 2.75) is 6.42 Å². The number of nitrogens with one attached hydrogen (secondary N) is 1. The minimum absolute atomic E-state index is 0.0174. The first-order valence-corrected chi connectivity index (χ1v) is 7.10. The molecule has 1 N–H and O–H groups in total. The molecule has 1 aliphatic heterocycles. The maximum absolute atomic E-state index is 12.8. The van der Waals surface area contributed by atoms with Gasteiger partial charge in [-0.25, -0.2) is 4.39 Å². The van der Waals surface area contributed by atoms with Crippen LogP contribution in [0.15, 0.2) is 42.5 Å². The van der Waals surface area contributed by atoms with Crippen LogP contribution in [-0.4, -0.2) is 25.5 Å². The van der Waals surface area contributed by atoms with Crippen LogP contribution in [0.2, 0.25) is 0 Å². The second-order valence-electron chi connectivity index (χ2n) is 5.28. The highest BCUT2D eigenvalue weighted by atomic mass is 19.1. The van der Waals surface area contributed by atoms with Crippen molar-refractivity contribution in [2.24, 2.45) is 0 Å². The van der Waals surface area contributed by atoms with Crippen molar-refractivity contribution in [3.63, 3.8) is 0 Å². The molecule has 0 unspecified atom stereocenters. The summed E-state index contributed by atoms with van der Waals surface area (Å²) in [6.07, 6.45) is 0.149. The van der Waals surface area contributed by atoms with Crippen LogP contribution in [0.25, 0.3) is 0 Å². The summed E-state index contributed by atoms with van der Waals surface area (Å²) < 4.78 is 18.2. The molecule has 1 heterocycles. The minimum atomic E-state index is -0.334. The Morgan fingerprint density at radius 1 is 1.26 bits per heavy atom. The first kappa shape index (κ1) is 15.0. The van der Waals surface area contributed by atoms with Gasteiger partial charge in [0.25, 0.3) is 5.91 Å². The summed E-state index contributed by atoms with van der Waals surface area (Å²) in [5.41, 5.74) is 1.97. The molecule has 0 saturated heterocycles. The van der Waals surface area contributed by atoms with Gasteiger partial charge in [0.2, 0.25) is 5.91 Å². The Kier molecular flexibility index (Phi) is 3.97. The summed E-state index contributed by atoms with van der Waals surface area (Å²) >= 11 is 0. The summed E-state index contributed by atoms with van der Waals surface area (Å²) in [5.74, 6) is -0.117. The average molecular weight is 314 g/mol. The molecular weight excluding hydrogens is 299 g/mol. The van der Waals surface area contributed by atoms with Gasteiger partial charge in [-0.2, -0.15) is 0 Å². The van der Waals surface area contributed by atoms with Crippen molar-refractivity contribution in [1.29, 1.82) is 0 Å². The van der Waals surface area contributed by atoms with Crippen LogP contribution < -0.4 is 15.0 Å². The molecule has 0 fully saturated rings. The van der Waals surface area contributed by atoms with Gasteiger partial charge in [0.15, 0.2) is 6.61 Å². The molecule has 23 heavy (non-hydrogen) atoms. The summed E-state index contributed by atoms with van der Waals surface area (Å²) in [5, 5.41) is 2.77. The maximum Gasteiger partial charge on any atom is 0.264 e. The minimum Gasteiger partial charge on any atom is -0.481 e. The number of nitrogens with zero attached hydrogens (tertiary/aromatic N) is 1. The molecule has 2 amide bonds. The quantitative estimate of drug-likeness (QED) is 0.946. The molecule has 0 atom stereocenters. The Balaban J connectivity index is 1.69. The predicted molar refractivity (Wildman–Crippen MR) is 84.1 cm³/mol. The molecule has 2 aromatic carbocycles. The fourth-order valence-electron chi connectivity index (χ4n) is 2.35. The van der Waals surface area contributed by atoms with E-state index in [9.17, 15) is 14.0 Å². The lowest BCUT2D eigenvalue weighted by Crippen LogP contribution is -2.35. The van der Waals surface area contributed by atoms with Crippen LogP contribution >= 0.6 is 0 Å². The molecule has 118 valence electrons. The van der Waals surface area contributed by atoms with Crippen LogP contribution in [0, 0.1) is 5.82 Å². The highest BCUT2D eigenvalue weighted by molar-refractivity contribution is 5.98. The second kappa shape index (κ2) is 6.08. The van der Waals surface area contributed by atoms with E-state index in [1.54, 1.807) is 37.4 Å². The fourth-order valence-corrected chi connectivity index (χ4v) is 2.35. The van der Waals surface area contributed by atoms with Gasteiger partial charge in [-0.05, 0) is 29.8 Å². The van der Waals surface area contributed by atoms with E-state index < -0.39 is 0 Å². The van der Waals surface area contributed by atoms with E-state index in [1.807, 2.05) is 0 Å². The number of amides is 2. The van der Waals surface area contributed by atoms with Gasteiger partial charge in [0, 0.05) is 18.8 Å². The maximum atomic E-state index is 12.8. The molecule has 5 nitrogen and oxygen atoms in total. The lowest BCUT2D eigenvalue weighted by molar-refractivity contribution is -0.121. The number of ether oxygens (including phenoxy) is 1. The predicted octanol–water partition coefficient (Wildman–Crippen LogP) is 2.36. The van der Waals surface area contributed by atoms with E-state index in [-0.39, 0.29) is 30.7 Å². The number of anilines is 2. The van der Waals surface area contributed by atoms with Crippen LogP contribution in [0.4, 0.5) is 15.8 Å². The van der Waals surface area contributed by atoms with E-state index in [0.29, 0.717) is 17.1 Å². The second-order valence-corrected chi connectivity index (χ2v) is 5.28. The number of halogens is 1. The molecule has 0 aromatic heterocycles. The van der Waals surface area contributed by atoms with E-state index >= 15 is 0 Å². The van der Waals surface area contributed by atoms with E-state index in [4.69, 9.17) is 4.74 Å². The normalized spacial score (nSPS) is 13.3. The molecule has 6 heteroatoms. The first-order valence-electron chi connectivity index (χ1n) is 7.10. The molecular formula is C17H15FN2O3. The standard InChI is InChI=1S/C17H15FN2O3/c1-20-14-7-6-13(9-15(14)23-10-17(20)22)19-16(21)8-11-2-4-12(18)5-3-11/h2-7,9H,8,10H2,1H3,(H,19,21). The largest absolute Gasteiger partial charge is 0.481 e. The van der Waals surface area contributed by atoms with Gasteiger partial charge in [-0.1, -0.05) is 12.1 Å². The Labute approximate surface area is 132 Å². The Bertz CT molecular complexity index is 759. The zero-order valence-corrected chi connectivity index (χ0v) is 12.5. The van der Waals surface area contributed by atoms with Gasteiger partial charge in [0.05, 0.1) is 12.1 Å². The summed E-state index contributed by atoms with van der Waals surface area (Å²) in [7, 11) is 1.68. The Hall–Kier alpha value is -2.89. The van der Waals surface area contributed by atoms with Crippen molar-refractivity contribution in [3.8, 4) is 5.75 Å². The number of likely N-dealkylation sites (N-methyl/N-ethyl adjacent to an activating group) is 1. The van der Waals surface area contributed by atoms with E-state index in [1.165, 1.54) is 17.0 Å². The van der Waals surface area contributed by atoms with Crippen LogP contribution in [0.1, 0.15) is 5.56 Å². The number of hydrogen-bond donors (Lipinski definition) is 1. The molecule has 3 rings (SSSR count). The number of carbonyl (C=O) groups excluding carboxylic acids is 2. The smallest absolute Gasteiger partial charge is 0.264 e. The van der Waals surface area contributed by atoms with Crippen molar-refractivity contribution in [1.82, 2.24) is 0 Å². The highest BCUT2D eigenvalue weighted by Gasteiger charge is 2.22. The van der Waals surface area contributed by atoms with E-state index in [2.05, 4.69) is 5.32 Å². The molecule has 1 aliphatic rings. The van der Waals surface area contributed by atoms with Gasteiger partial charge >= 0.3 is 0 Å². The fraction of sp³-hybridized carbons (Fsp3) is 0.176. The monoisotopic (exact) mass is 314 g/mol. The molecule has 0 saturated carbocycles. The first-order chi connectivity index (χ1) is 11.0. The number of rotatable bonds is 3. The van der Waals surface area contributed by atoms with Crippen LogP contribution in [0.5, 0.6) is 5.75 Å². The third-order valence-electron chi connectivity index (χ3n) is 3.61. The lowest BCUT2D eigenvalue weighted by Gasteiger charge is -2.26. The summed E-state index contributed by atoms with van der Waals surface area (Å²) in [6.45, 7) is -0.0174. The van der Waals surface area contributed by atoms with Gasteiger partial charge in [-0.3, -0.25) is 9.59 Å². The van der Waals surface area contributed by atoms with Crippen molar-refractivity contribution in [2.75, 3.05) is 23.9 Å². The topological polar surface area (TPSA) is 58.6 Å². The highest BCUT2D eigenvalue weighted by Crippen LogP contribution is 2.33. The number of carbonyl (C=O) groups is 2. The Morgan fingerprint density at radius 3 is 2.74 bits per heavy atom. The third-order valence-corrected chi connectivity index (χ3v) is 3.61. The molecule has 0 radical (unpaired) electrons. The zero-order valence-electron chi connectivity index (χ0n) is 12.5. The molecule has 2 aromatic rings. The summed E-state index contributed by atoms with van der Waals surface area (Å²) in [4.78, 5) is 25.1. The molecule has 0 aliphatic carbocycles. The van der Waals surface area contributed by atoms with Crippen LogP contribution in [0.3, 0.4) is 0 Å². The summed E-state index contributed by atoms with van der Waals surface area (Å²) in [6, 6.07) is 10.9. The van der Waals surface area contributed by atoms with Crippen molar-refractivity contribution < 1.29 is 18.7 Å².